The molecule has 0 aromatic heterocycles. The number of hydrogen-bond donors (Lipinski definition) is 1. The molecule has 0 bridgehead atoms. The Morgan fingerprint density at radius 2 is 2.05 bits per heavy atom. The summed E-state index contributed by atoms with van der Waals surface area (Å²) >= 11 is 0. The summed E-state index contributed by atoms with van der Waals surface area (Å²) in [6.45, 7) is 12.5. The number of ether oxygens (including phenoxy) is 1. The number of nitrogens with one attached hydrogen (secondary N) is 1. The van der Waals surface area contributed by atoms with E-state index in [4.69, 9.17) is 4.74 Å². The number of hydrogen-bond acceptors (Lipinski definition) is 2. The lowest BCUT2D eigenvalue weighted by molar-refractivity contribution is -0.0975. The van der Waals surface area contributed by atoms with Gasteiger partial charge in [0.05, 0.1) is 5.60 Å². The fourth-order valence-corrected chi connectivity index (χ4v) is 3.29. The van der Waals surface area contributed by atoms with Gasteiger partial charge in [-0.25, -0.2) is 0 Å². The smallest absolute Gasteiger partial charge is 0.0834 e. The molecular formula is C17H33NO. The molecule has 0 saturated heterocycles. The van der Waals surface area contributed by atoms with Crippen LogP contribution >= 0.6 is 0 Å². The Bertz CT molecular complexity index is 244. The third-order valence-corrected chi connectivity index (χ3v) is 4.49. The molecule has 0 aliphatic heterocycles. The third kappa shape index (κ3) is 4.92. The van der Waals surface area contributed by atoms with Crippen LogP contribution in [-0.4, -0.2) is 24.8 Å². The zero-order valence-corrected chi connectivity index (χ0v) is 13.2. The molecule has 0 heterocycles. The lowest BCUT2D eigenvalue weighted by atomic mass is 9.74. The Labute approximate surface area is 120 Å². The molecule has 1 fully saturated rings. The first-order valence-electron chi connectivity index (χ1n) is 8.16. The molecule has 0 amide bonds. The van der Waals surface area contributed by atoms with Crippen LogP contribution in [0.4, 0.5) is 0 Å². The lowest BCUT2D eigenvalue weighted by Gasteiger charge is -2.45. The molecule has 1 aliphatic rings. The molecule has 0 aromatic carbocycles. The minimum absolute atomic E-state index is 0.0689. The van der Waals surface area contributed by atoms with Crippen LogP contribution in [0.1, 0.15) is 65.7 Å². The van der Waals surface area contributed by atoms with Crippen LogP contribution in [0.15, 0.2) is 12.7 Å². The molecule has 2 heteroatoms. The summed E-state index contributed by atoms with van der Waals surface area (Å²) in [5.41, 5.74) is 0.0689. The Morgan fingerprint density at radius 3 is 2.58 bits per heavy atom. The minimum Gasteiger partial charge on any atom is -0.374 e. The number of allylic oxidation sites excluding steroid dienone is 1. The van der Waals surface area contributed by atoms with Crippen molar-refractivity contribution in [3.8, 4) is 0 Å². The first-order valence-corrected chi connectivity index (χ1v) is 8.16. The standard InChI is InChI=1S/C17H33NO/c1-5-8-9-16(18-14-6-2)17(19-7-3)12-10-15(4)11-13-17/h5,15-16,18H,1,6-14H2,2-4H3. The summed E-state index contributed by atoms with van der Waals surface area (Å²) in [6, 6.07) is 0.484. The molecule has 1 rings (SSSR count). The first kappa shape index (κ1) is 16.7. The van der Waals surface area contributed by atoms with E-state index < -0.39 is 0 Å². The fraction of sp³-hybridized carbons (Fsp3) is 0.882. The Morgan fingerprint density at radius 1 is 1.37 bits per heavy atom. The molecule has 1 N–H and O–H groups in total. The van der Waals surface area contributed by atoms with Gasteiger partial charge in [0, 0.05) is 12.6 Å². The van der Waals surface area contributed by atoms with Crippen LogP contribution in [-0.2, 0) is 4.74 Å². The highest BCUT2D eigenvalue weighted by Crippen LogP contribution is 2.38. The van der Waals surface area contributed by atoms with Crippen LogP contribution in [0.2, 0.25) is 0 Å². The maximum atomic E-state index is 6.28. The number of rotatable bonds is 9. The summed E-state index contributed by atoms with van der Waals surface area (Å²) in [5.74, 6) is 0.861. The van der Waals surface area contributed by atoms with Gasteiger partial charge in [-0.1, -0.05) is 19.9 Å². The van der Waals surface area contributed by atoms with Gasteiger partial charge in [0.15, 0.2) is 0 Å². The van der Waals surface area contributed by atoms with Gasteiger partial charge in [-0.15, -0.1) is 6.58 Å². The van der Waals surface area contributed by atoms with Crippen molar-refractivity contribution in [2.24, 2.45) is 5.92 Å². The molecule has 1 aliphatic carbocycles. The largest absolute Gasteiger partial charge is 0.374 e. The van der Waals surface area contributed by atoms with Crippen molar-refractivity contribution in [3.63, 3.8) is 0 Å². The molecule has 0 spiro atoms. The topological polar surface area (TPSA) is 21.3 Å². The van der Waals surface area contributed by atoms with Gasteiger partial charge in [0.1, 0.15) is 0 Å². The van der Waals surface area contributed by atoms with Crippen LogP contribution < -0.4 is 5.32 Å². The summed E-state index contributed by atoms with van der Waals surface area (Å²) in [6.07, 6.45) is 10.5. The highest BCUT2D eigenvalue weighted by Gasteiger charge is 2.41. The molecular weight excluding hydrogens is 234 g/mol. The van der Waals surface area contributed by atoms with Crippen molar-refractivity contribution >= 4 is 0 Å². The van der Waals surface area contributed by atoms with Crippen molar-refractivity contribution in [1.29, 1.82) is 0 Å². The zero-order chi connectivity index (χ0) is 14.1. The van der Waals surface area contributed by atoms with Gasteiger partial charge in [-0.3, -0.25) is 0 Å². The third-order valence-electron chi connectivity index (χ3n) is 4.49. The van der Waals surface area contributed by atoms with E-state index in [1.807, 2.05) is 6.08 Å². The molecule has 0 aromatic rings. The van der Waals surface area contributed by atoms with Gasteiger partial charge in [0.2, 0.25) is 0 Å². The molecule has 2 nitrogen and oxygen atoms in total. The Balaban J connectivity index is 2.73. The van der Waals surface area contributed by atoms with E-state index in [2.05, 4.69) is 32.7 Å². The monoisotopic (exact) mass is 267 g/mol. The van der Waals surface area contributed by atoms with Crippen molar-refractivity contribution in [1.82, 2.24) is 5.32 Å². The average molecular weight is 267 g/mol. The highest BCUT2D eigenvalue weighted by atomic mass is 16.5. The second-order valence-electron chi connectivity index (χ2n) is 6.05. The fourth-order valence-electron chi connectivity index (χ4n) is 3.29. The molecule has 19 heavy (non-hydrogen) atoms. The van der Waals surface area contributed by atoms with Gasteiger partial charge >= 0.3 is 0 Å². The normalized spacial score (nSPS) is 29.1. The maximum absolute atomic E-state index is 6.28. The van der Waals surface area contributed by atoms with E-state index in [-0.39, 0.29) is 5.60 Å². The second-order valence-corrected chi connectivity index (χ2v) is 6.05. The van der Waals surface area contributed by atoms with E-state index in [0.717, 1.165) is 31.9 Å². The quantitative estimate of drug-likeness (QED) is 0.629. The summed E-state index contributed by atoms with van der Waals surface area (Å²) in [7, 11) is 0. The minimum atomic E-state index is 0.0689. The van der Waals surface area contributed by atoms with E-state index in [0.29, 0.717) is 6.04 Å². The van der Waals surface area contributed by atoms with Gasteiger partial charge in [-0.05, 0) is 64.3 Å². The van der Waals surface area contributed by atoms with Crippen LogP contribution in [0.5, 0.6) is 0 Å². The molecule has 112 valence electrons. The van der Waals surface area contributed by atoms with Crippen molar-refractivity contribution in [2.45, 2.75) is 77.4 Å². The summed E-state index contributed by atoms with van der Waals surface area (Å²) < 4.78 is 6.28. The van der Waals surface area contributed by atoms with Crippen LogP contribution in [0, 0.1) is 5.92 Å². The van der Waals surface area contributed by atoms with E-state index >= 15 is 0 Å². The average Bonchev–Trinajstić information content (AvgIpc) is 2.42. The van der Waals surface area contributed by atoms with Crippen molar-refractivity contribution < 1.29 is 4.74 Å². The molecule has 1 saturated carbocycles. The van der Waals surface area contributed by atoms with Gasteiger partial charge in [-0.2, -0.15) is 0 Å². The Hall–Kier alpha value is -0.340. The van der Waals surface area contributed by atoms with Gasteiger partial charge in [0.25, 0.3) is 0 Å². The predicted molar refractivity (Wildman–Crippen MR) is 83.5 cm³/mol. The first-order chi connectivity index (χ1) is 9.18. The zero-order valence-electron chi connectivity index (χ0n) is 13.2. The summed E-state index contributed by atoms with van der Waals surface area (Å²) in [5, 5.41) is 3.74. The molecule has 0 radical (unpaired) electrons. The van der Waals surface area contributed by atoms with Crippen LogP contribution in [0.3, 0.4) is 0 Å². The molecule has 1 unspecified atom stereocenters. The molecule has 1 atom stereocenters. The van der Waals surface area contributed by atoms with Gasteiger partial charge < -0.3 is 10.1 Å². The maximum Gasteiger partial charge on any atom is 0.0834 e. The van der Waals surface area contributed by atoms with Crippen molar-refractivity contribution in [2.75, 3.05) is 13.2 Å². The van der Waals surface area contributed by atoms with E-state index in [1.165, 1.54) is 32.1 Å². The summed E-state index contributed by atoms with van der Waals surface area (Å²) in [4.78, 5) is 0. The van der Waals surface area contributed by atoms with E-state index in [9.17, 15) is 0 Å². The second kappa shape index (κ2) is 8.76. The Kier molecular flexibility index (Phi) is 7.70. The SMILES string of the molecule is C=CCCC(NCCC)C1(OCC)CCC(C)CC1. The lowest BCUT2D eigenvalue weighted by Crippen LogP contribution is -2.54. The predicted octanol–water partition coefficient (Wildman–Crippen LogP) is 4.31. The highest BCUT2D eigenvalue weighted by molar-refractivity contribution is 4.97. The van der Waals surface area contributed by atoms with Crippen molar-refractivity contribution in [3.05, 3.63) is 12.7 Å². The van der Waals surface area contributed by atoms with Crippen LogP contribution in [0.25, 0.3) is 0 Å². The van der Waals surface area contributed by atoms with E-state index in [1.54, 1.807) is 0 Å².